The van der Waals surface area contributed by atoms with Gasteiger partial charge in [-0.2, -0.15) is 0 Å². The highest BCUT2D eigenvalue weighted by molar-refractivity contribution is 7.92. The van der Waals surface area contributed by atoms with Gasteiger partial charge in [0.1, 0.15) is 18.0 Å². The molecule has 212 valence electrons. The Kier molecular flexibility index (Phi) is 8.71. The van der Waals surface area contributed by atoms with Crippen molar-refractivity contribution in [3.63, 3.8) is 0 Å². The molecule has 4 aromatic carbocycles. The van der Waals surface area contributed by atoms with Crippen LogP contribution in [0.25, 0.3) is 0 Å². The lowest BCUT2D eigenvalue weighted by Gasteiger charge is -2.38. The molecule has 0 unspecified atom stereocenters. The normalized spacial score (nSPS) is 14.7. The zero-order chi connectivity index (χ0) is 28.7. The first-order valence-corrected chi connectivity index (χ1v) is 15.1. The lowest BCUT2D eigenvalue weighted by molar-refractivity contribution is -0.120. The van der Waals surface area contributed by atoms with E-state index in [2.05, 4.69) is 17.4 Å². The molecule has 0 saturated carbocycles. The summed E-state index contributed by atoms with van der Waals surface area (Å²) in [5, 5.41) is 3.04. The number of aryl methyl sites for hydroxylation is 1. The smallest absolute Gasteiger partial charge is 0.264 e. The highest BCUT2D eigenvalue weighted by Crippen LogP contribution is 2.34. The number of carbonyl (C=O) groups excluding carboxylic acids is 1. The van der Waals surface area contributed by atoms with Crippen molar-refractivity contribution in [3.8, 4) is 11.5 Å². The molecule has 0 aromatic heterocycles. The van der Waals surface area contributed by atoms with Crippen LogP contribution in [0.5, 0.6) is 11.5 Å². The standard InChI is InChI=1S/C33H34N2O5S/c1-26-12-18-31(19-13-26)41(37,38)35(28-14-16-30(17-15-28)40-29-10-6-3-7-11-29)24-32(36)34-25-33(20-22-39-23-21-33)27-8-4-2-5-9-27/h2-19H,20-25H2,1H3,(H,34,36). The van der Waals surface area contributed by atoms with Crippen molar-refractivity contribution in [2.24, 2.45) is 0 Å². The van der Waals surface area contributed by atoms with Crippen molar-refractivity contribution in [2.75, 3.05) is 30.6 Å². The number of sulfonamides is 1. The molecular weight excluding hydrogens is 536 g/mol. The second kappa shape index (κ2) is 12.6. The largest absolute Gasteiger partial charge is 0.457 e. The highest BCUT2D eigenvalue weighted by Gasteiger charge is 2.35. The molecule has 1 heterocycles. The zero-order valence-electron chi connectivity index (χ0n) is 23.0. The van der Waals surface area contributed by atoms with E-state index in [9.17, 15) is 13.2 Å². The molecule has 7 nitrogen and oxygen atoms in total. The van der Waals surface area contributed by atoms with Crippen molar-refractivity contribution < 1.29 is 22.7 Å². The molecule has 1 saturated heterocycles. The predicted octanol–water partition coefficient (Wildman–Crippen LogP) is 5.85. The minimum absolute atomic E-state index is 0.116. The van der Waals surface area contributed by atoms with E-state index >= 15 is 0 Å². The third-order valence-corrected chi connectivity index (χ3v) is 9.25. The van der Waals surface area contributed by atoms with Crippen LogP contribution in [0.4, 0.5) is 5.69 Å². The van der Waals surface area contributed by atoms with Gasteiger partial charge in [-0.3, -0.25) is 9.10 Å². The number of carbonyl (C=O) groups is 1. The van der Waals surface area contributed by atoms with E-state index in [1.165, 1.54) is 0 Å². The molecule has 1 amide bonds. The van der Waals surface area contributed by atoms with Crippen LogP contribution in [0.15, 0.2) is 114 Å². The molecule has 41 heavy (non-hydrogen) atoms. The molecule has 5 rings (SSSR count). The quantitative estimate of drug-likeness (QED) is 0.259. The van der Waals surface area contributed by atoms with Crippen LogP contribution in [0.3, 0.4) is 0 Å². The number of ether oxygens (including phenoxy) is 2. The number of nitrogens with zero attached hydrogens (tertiary/aromatic N) is 1. The lowest BCUT2D eigenvalue weighted by Crippen LogP contribution is -2.48. The number of amides is 1. The van der Waals surface area contributed by atoms with Gasteiger partial charge in [-0.1, -0.05) is 66.2 Å². The first-order valence-electron chi connectivity index (χ1n) is 13.7. The average Bonchev–Trinajstić information content (AvgIpc) is 3.01. The average molecular weight is 571 g/mol. The van der Waals surface area contributed by atoms with Gasteiger partial charge in [0.05, 0.1) is 10.6 Å². The van der Waals surface area contributed by atoms with Gasteiger partial charge < -0.3 is 14.8 Å². The Hall–Kier alpha value is -4.14. The molecule has 1 N–H and O–H groups in total. The molecule has 0 bridgehead atoms. The molecule has 1 aliphatic rings. The topological polar surface area (TPSA) is 84.9 Å². The van der Waals surface area contributed by atoms with E-state index in [-0.39, 0.29) is 22.8 Å². The van der Waals surface area contributed by atoms with Crippen LogP contribution >= 0.6 is 0 Å². The second-order valence-corrected chi connectivity index (χ2v) is 12.1. The van der Waals surface area contributed by atoms with Crippen LogP contribution in [0, 0.1) is 6.92 Å². The zero-order valence-corrected chi connectivity index (χ0v) is 23.8. The Morgan fingerprint density at radius 3 is 2.05 bits per heavy atom. The number of hydrogen-bond acceptors (Lipinski definition) is 5. The minimum Gasteiger partial charge on any atom is -0.457 e. The number of anilines is 1. The molecule has 0 spiro atoms. The molecule has 0 aliphatic carbocycles. The maximum absolute atomic E-state index is 13.8. The number of hydrogen-bond donors (Lipinski definition) is 1. The molecule has 4 aromatic rings. The van der Waals surface area contributed by atoms with Gasteiger partial charge in [0.2, 0.25) is 5.91 Å². The van der Waals surface area contributed by atoms with Crippen molar-refractivity contribution in [2.45, 2.75) is 30.1 Å². The first-order chi connectivity index (χ1) is 19.9. The van der Waals surface area contributed by atoms with Crippen LogP contribution in [0.1, 0.15) is 24.0 Å². The molecule has 1 fully saturated rings. The van der Waals surface area contributed by atoms with E-state index < -0.39 is 10.0 Å². The van der Waals surface area contributed by atoms with E-state index in [1.807, 2.05) is 55.5 Å². The minimum atomic E-state index is -4.04. The fraction of sp³-hybridized carbons (Fsp3) is 0.242. The monoisotopic (exact) mass is 570 g/mol. The Morgan fingerprint density at radius 2 is 1.41 bits per heavy atom. The lowest BCUT2D eigenvalue weighted by atomic mass is 9.74. The van der Waals surface area contributed by atoms with E-state index in [1.54, 1.807) is 48.5 Å². The van der Waals surface area contributed by atoms with Gasteiger partial charge in [-0.25, -0.2) is 8.42 Å². The number of benzene rings is 4. The summed E-state index contributed by atoms with van der Waals surface area (Å²) in [6, 6.07) is 32.8. The fourth-order valence-corrected chi connectivity index (χ4v) is 6.45. The van der Waals surface area contributed by atoms with Gasteiger partial charge >= 0.3 is 0 Å². The maximum atomic E-state index is 13.8. The van der Waals surface area contributed by atoms with Crippen LogP contribution in [-0.4, -0.2) is 40.6 Å². The van der Waals surface area contributed by atoms with Gasteiger partial charge in [0, 0.05) is 25.2 Å². The Labute approximate surface area is 241 Å². The molecular formula is C33H34N2O5S. The van der Waals surface area contributed by atoms with E-state index in [0.29, 0.717) is 36.9 Å². The number of rotatable bonds is 10. The Bertz CT molecular complexity index is 1540. The Balaban J connectivity index is 1.38. The third-order valence-electron chi connectivity index (χ3n) is 7.46. The van der Waals surface area contributed by atoms with Crippen molar-refractivity contribution in [3.05, 3.63) is 120 Å². The highest BCUT2D eigenvalue weighted by atomic mass is 32.2. The molecule has 0 atom stereocenters. The second-order valence-electron chi connectivity index (χ2n) is 10.3. The summed E-state index contributed by atoms with van der Waals surface area (Å²) < 4.78 is 40.3. The van der Waals surface area contributed by atoms with Gasteiger partial charge in [-0.15, -0.1) is 0 Å². The van der Waals surface area contributed by atoms with E-state index in [0.717, 1.165) is 28.3 Å². The molecule has 1 aliphatic heterocycles. The summed E-state index contributed by atoms with van der Waals surface area (Å²) >= 11 is 0. The van der Waals surface area contributed by atoms with Crippen LogP contribution in [-0.2, 0) is 25.0 Å². The molecule has 0 radical (unpaired) electrons. The number of nitrogens with one attached hydrogen (secondary N) is 1. The van der Waals surface area contributed by atoms with Gasteiger partial charge in [-0.05, 0) is 73.9 Å². The van der Waals surface area contributed by atoms with Crippen LogP contribution in [0.2, 0.25) is 0 Å². The van der Waals surface area contributed by atoms with Gasteiger partial charge in [0.25, 0.3) is 10.0 Å². The van der Waals surface area contributed by atoms with Gasteiger partial charge in [0.15, 0.2) is 0 Å². The first kappa shape index (κ1) is 28.4. The van der Waals surface area contributed by atoms with Crippen molar-refractivity contribution >= 4 is 21.6 Å². The maximum Gasteiger partial charge on any atom is 0.264 e. The van der Waals surface area contributed by atoms with Crippen molar-refractivity contribution in [1.29, 1.82) is 0 Å². The summed E-state index contributed by atoms with van der Waals surface area (Å²) in [7, 11) is -4.04. The van der Waals surface area contributed by atoms with E-state index in [4.69, 9.17) is 9.47 Å². The summed E-state index contributed by atoms with van der Waals surface area (Å²) in [5.41, 5.74) is 2.18. The number of para-hydroxylation sites is 1. The third kappa shape index (κ3) is 6.78. The van der Waals surface area contributed by atoms with Crippen molar-refractivity contribution in [1.82, 2.24) is 5.32 Å². The summed E-state index contributed by atoms with van der Waals surface area (Å²) in [4.78, 5) is 13.5. The summed E-state index contributed by atoms with van der Waals surface area (Å²) in [6.45, 7) is 3.14. The Morgan fingerprint density at radius 1 is 0.829 bits per heavy atom. The van der Waals surface area contributed by atoms with Crippen LogP contribution < -0.4 is 14.4 Å². The summed E-state index contributed by atoms with van der Waals surface area (Å²) in [6.07, 6.45) is 1.54. The predicted molar refractivity (Wildman–Crippen MR) is 160 cm³/mol. The summed E-state index contributed by atoms with van der Waals surface area (Å²) in [5.74, 6) is 0.845. The SMILES string of the molecule is Cc1ccc(S(=O)(=O)N(CC(=O)NCC2(c3ccccc3)CCOCC2)c2ccc(Oc3ccccc3)cc2)cc1. The fourth-order valence-electron chi connectivity index (χ4n) is 5.03. The molecule has 8 heteroatoms.